The van der Waals surface area contributed by atoms with Crippen LogP contribution in [0.2, 0.25) is 0 Å². The predicted molar refractivity (Wildman–Crippen MR) is 51.9 cm³/mol. The molecule has 1 saturated carbocycles. The summed E-state index contributed by atoms with van der Waals surface area (Å²) in [5.74, 6) is -0.214. The molecule has 2 rings (SSSR count). The Balaban J connectivity index is 2.02. The number of nitrogens with one attached hydrogen (secondary N) is 1. The highest BCUT2D eigenvalue weighted by molar-refractivity contribution is 5.54. The van der Waals surface area contributed by atoms with Crippen molar-refractivity contribution in [2.24, 2.45) is 0 Å². The minimum absolute atomic E-state index is 0.214. The highest BCUT2D eigenvalue weighted by Gasteiger charge is 2.16. The van der Waals surface area contributed by atoms with Crippen LogP contribution in [0.3, 0.4) is 0 Å². The summed E-state index contributed by atoms with van der Waals surface area (Å²) in [4.78, 5) is 0. The highest BCUT2D eigenvalue weighted by atomic mass is 19.1. The summed E-state index contributed by atoms with van der Waals surface area (Å²) >= 11 is 0. The minimum Gasteiger partial charge on any atom is -0.361 e. The van der Waals surface area contributed by atoms with E-state index in [9.17, 15) is 4.39 Å². The Morgan fingerprint density at radius 2 is 1.92 bits per heavy atom. The van der Waals surface area contributed by atoms with Gasteiger partial charge in [-0.3, -0.25) is 0 Å². The monoisotopic (exact) mass is 175 g/mol. The first kappa shape index (κ1) is 8.05. The molecule has 2 heteroatoms. The summed E-state index contributed by atoms with van der Waals surface area (Å²) in [6.45, 7) is 3.81. The van der Waals surface area contributed by atoms with Gasteiger partial charge in [0.15, 0.2) is 0 Å². The third kappa shape index (κ3) is 1.96. The van der Waals surface area contributed by atoms with E-state index in [1.807, 2.05) is 6.20 Å². The quantitative estimate of drug-likeness (QED) is 0.728. The maximum absolute atomic E-state index is 12.5. The molecule has 0 unspecified atom stereocenters. The van der Waals surface area contributed by atoms with Crippen LogP contribution in [0.4, 0.5) is 10.1 Å². The van der Waals surface area contributed by atoms with Crippen molar-refractivity contribution in [1.82, 2.24) is 0 Å². The van der Waals surface area contributed by atoms with E-state index in [0.29, 0.717) is 0 Å². The lowest BCUT2D eigenvalue weighted by Gasteiger charge is -1.98. The van der Waals surface area contributed by atoms with Gasteiger partial charge in [0.2, 0.25) is 0 Å². The molecular formula is C11H10FN. The Morgan fingerprint density at radius 3 is 2.46 bits per heavy atom. The maximum atomic E-state index is 12.5. The second-order valence-corrected chi connectivity index (χ2v) is 3.10. The molecule has 0 radical (unpaired) electrons. The van der Waals surface area contributed by atoms with Crippen molar-refractivity contribution < 1.29 is 4.39 Å². The van der Waals surface area contributed by atoms with Crippen LogP contribution < -0.4 is 5.32 Å². The Kier molecular flexibility index (Phi) is 1.89. The largest absolute Gasteiger partial charge is 0.361 e. The van der Waals surface area contributed by atoms with Crippen LogP contribution in [0.25, 0.3) is 0 Å². The molecule has 0 amide bonds. The van der Waals surface area contributed by atoms with Gasteiger partial charge < -0.3 is 5.32 Å². The molecule has 1 nitrogen and oxygen atoms in total. The van der Waals surface area contributed by atoms with Crippen LogP contribution in [0, 0.1) is 5.82 Å². The van der Waals surface area contributed by atoms with Crippen molar-refractivity contribution in [2.75, 3.05) is 5.32 Å². The average molecular weight is 175 g/mol. The van der Waals surface area contributed by atoms with E-state index in [2.05, 4.69) is 11.9 Å². The lowest BCUT2D eigenvalue weighted by atomic mass is 10.3. The number of hydrogen-bond acceptors (Lipinski definition) is 1. The molecule has 13 heavy (non-hydrogen) atoms. The van der Waals surface area contributed by atoms with Crippen LogP contribution in [-0.4, -0.2) is 0 Å². The third-order valence-corrected chi connectivity index (χ3v) is 1.99. The topological polar surface area (TPSA) is 12.0 Å². The summed E-state index contributed by atoms with van der Waals surface area (Å²) in [7, 11) is 0. The zero-order chi connectivity index (χ0) is 9.26. The fourth-order valence-corrected chi connectivity index (χ4v) is 1.06. The Bertz CT molecular complexity index is 362. The number of hydrogen-bond donors (Lipinski definition) is 1. The van der Waals surface area contributed by atoms with Crippen LogP contribution in [0.15, 0.2) is 48.2 Å². The number of allylic oxidation sites excluding steroid dienone is 2. The third-order valence-electron chi connectivity index (χ3n) is 1.99. The molecule has 66 valence electrons. The van der Waals surface area contributed by atoms with Gasteiger partial charge in [-0.25, -0.2) is 4.39 Å². The van der Waals surface area contributed by atoms with E-state index in [1.165, 1.54) is 23.3 Å². The fourth-order valence-electron chi connectivity index (χ4n) is 1.06. The smallest absolute Gasteiger partial charge is 0.123 e. The summed E-state index contributed by atoms with van der Waals surface area (Å²) in [5, 5.41) is 3.07. The first-order valence-electron chi connectivity index (χ1n) is 4.15. The zero-order valence-electron chi connectivity index (χ0n) is 7.18. The van der Waals surface area contributed by atoms with Crippen molar-refractivity contribution in [1.29, 1.82) is 0 Å². The summed E-state index contributed by atoms with van der Waals surface area (Å²) in [5.41, 5.74) is 3.31. The summed E-state index contributed by atoms with van der Waals surface area (Å²) in [6.07, 6.45) is 2.91. The molecule has 1 fully saturated rings. The lowest BCUT2D eigenvalue weighted by molar-refractivity contribution is 0.628. The maximum Gasteiger partial charge on any atom is 0.123 e. The lowest BCUT2D eigenvalue weighted by Crippen LogP contribution is -1.86. The first-order valence-corrected chi connectivity index (χ1v) is 4.15. The van der Waals surface area contributed by atoms with Gasteiger partial charge >= 0.3 is 0 Å². The fraction of sp³-hybridized carbons (Fsp3) is 0.0909. The molecule has 0 aliphatic heterocycles. The molecule has 1 aromatic carbocycles. The van der Waals surface area contributed by atoms with Crippen LogP contribution in [0.5, 0.6) is 0 Å². The molecule has 1 aliphatic carbocycles. The molecule has 0 atom stereocenters. The SMILES string of the molecule is C=C1C/C1=C/Nc1ccc(F)cc1. The minimum atomic E-state index is -0.214. The van der Waals surface area contributed by atoms with Crippen molar-refractivity contribution in [3.8, 4) is 0 Å². The van der Waals surface area contributed by atoms with E-state index in [-0.39, 0.29) is 5.82 Å². The van der Waals surface area contributed by atoms with E-state index in [4.69, 9.17) is 0 Å². The molecule has 0 heterocycles. The molecular weight excluding hydrogens is 165 g/mol. The van der Waals surface area contributed by atoms with Crippen molar-refractivity contribution in [3.05, 3.63) is 54.0 Å². The summed E-state index contributed by atoms with van der Waals surface area (Å²) < 4.78 is 12.5. The summed E-state index contributed by atoms with van der Waals surface area (Å²) in [6, 6.07) is 6.28. The molecule has 0 spiro atoms. The normalized spacial score (nSPS) is 17.6. The van der Waals surface area contributed by atoms with Crippen LogP contribution in [-0.2, 0) is 0 Å². The Morgan fingerprint density at radius 1 is 1.31 bits per heavy atom. The van der Waals surface area contributed by atoms with Gasteiger partial charge in [-0.1, -0.05) is 6.58 Å². The van der Waals surface area contributed by atoms with Crippen molar-refractivity contribution >= 4 is 5.69 Å². The number of anilines is 1. The van der Waals surface area contributed by atoms with Gasteiger partial charge in [0.05, 0.1) is 0 Å². The number of rotatable bonds is 2. The highest BCUT2D eigenvalue weighted by Crippen LogP contribution is 2.34. The van der Waals surface area contributed by atoms with E-state index < -0.39 is 0 Å². The zero-order valence-corrected chi connectivity index (χ0v) is 7.18. The molecule has 1 aliphatic rings. The Labute approximate surface area is 76.6 Å². The molecule has 1 aromatic rings. The standard InChI is InChI=1S/C11H10FN/c1-8-6-9(8)7-13-11-4-2-10(12)3-5-11/h2-5,7,13H,1,6H2/b9-7-. The second-order valence-electron chi connectivity index (χ2n) is 3.10. The van der Waals surface area contributed by atoms with E-state index in [1.54, 1.807) is 12.1 Å². The number of halogens is 1. The van der Waals surface area contributed by atoms with Gasteiger partial charge in [-0.15, -0.1) is 0 Å². The van der Waals surface area contributed by atoms with Gasteiger partial charge in [-0.2, -0.15) is 0 Å². The molecule has 1 N–H and O–H groups in total. The van der Waals surface area contributed by atoms with E-state index in [0.717, 1.165) is 12.1 Å². The van der Waals surface area contributed by atoms with Gasteiger partial charge in [0.1, 0.15) is 5.82 Å². The van der Waals surface area contributed by atoms with Crippen LogP contribution >= 0.6 is 0 Å². The van der Waals surface area contributed by atoms with Gasteiger partial charge in [0, 0.05) is 11.9 Å². The number of benzene rings is 1. The van der Waals surface area contributed by atoms with Crippen molar-refractivity contribution in [3.63, 3.8) is 0 Å². The second kappa shape index (κ2) is 3.05. The Hall–Kier alpha value is -1.57. The van der Waals surface area contributed by atoms with Gasteiger partial charge in [0.25, 0.3) is 0 Å². The predicted octanol–water partition coefficient (Wildman–Crippen LogP) is 3.08. The molecule has 0 bridgehead atoms. The van der Waals surface area contributed by atoms with Gasteiger partial charge in [-0.05, 0) is 41.8 Å². The first-order chi connectivity index (χ1) is 6.25. The van der Waals surface area contributed by atoms with Crippen LogP contribution in [0.1, 0.15) is 6.42 Å². The van der Waals surface area contributed by atoms with Crippen molar-refractivity contribution in [2.45, 2.75) is 6.42 Å². The average Bonchev–Trinajstić information content (AvgIpc) is 2.81. The molecule has 0 aromatic heterocycles. The molecule has 0 saturated heterocycles. The van der Waals surface area contributed by atoms with E-state index >= 15 is 0 Å².